The van der Waals surface area contributed by atoms with Crippen molar-refractivity contribution >= 4 is 22.9 Å². The topological polar surface area (TPSA) is 24.1 Å². The number of hydrogen-bond donors (Lipinski definition) is 2. The van der Waals surface area contributed by atoms with Crippen LogP contribution in [0.1, 0.15) is 23.3 Å². The lowest BCUT2D eigenvalue weighted by Crippen LogP contribution is -2.46. The van der Waals surface area contributed by atoms with Crippen molar-refractivity contribution in [1.29, 1.82) is 0 Å². The number of nitrogens with one attached hydrogen (secondary N) is 2. The first-order valence-corrected chi connectivity index (χ1v) is 8.69. The lowest BCUT2D eigenvalue weighted by molar-refractivity contribution is 0.293. The van der Waals surface area contributed by atoms with E-state index in [0.717, 1.165) is 30.5 Å². The van der Waals surface area contributed by atoms with E-state index in [2.05, 4.69) is 47.0 Å². The minimum Gasteiger partial charge on any atom is -0.317 e. The molecule has 0 amide bonds. The second-order valence-corrected chi connectivity index (χ2v) is 7.51. The summed E-state index contributed by atoms with van der Waals surface area (Å²) in [6, 6.07) is 15.0. The van der Waals surface area contributed by atoms with Gasteiger partial charge in [0.1, 0.15) is 0 Å². The van der Waals surface area contributed by atoms with E-state index in [-0.39, 0.29) is 5.41 Å². The number of thiophene rings is 1. The first-order chi connectivity index (χ1) is 10.3. The van der Waals surface area contributed by atoms with Gasteiger partial charge in [0.15, 0.2) is 0 Å². The summed E-state index contributed by atoms with van der Waals surface area (Å²) in [4.78, 5) is 1.30. The lowest BCUT2D eigenvalue weighted by atomic mass is 9.73. The fourth-order valence-electron chi connectivity index (χ4n) is 3.14. The minimum absolute atomic E-state index is 0.258. The molecular formula is C17H21ClN2S. The first kappa shape index (κ1) is 15.0. The molecule has 0 atom stereocenters. The highest BCUT2D eigenvalue weighted by Gasteiger charge is 2.33. The lowest BCUT2D eigenvalue weighted by Gasteiger charge is -2.38. The van der Waals surface area contributed by atoms with Gasteiger partial charge in [0, 0.05) is 23.4 Å². The maximum atomic E-state index is 5.99. The van der Waals surface area contributed by atoms with Crippen molar-refractivity contribution in [2.24, 2.45) is 0 Å². The third-order valence-electron chi connectivity index (χ3n) is 4.34. The van der Waals surface area contributed by atoms with E-state index in [9.17, 15) is 0 Å². The van der Waals surface area contributed by atoms with Crippen molar-refractivity contribution in [3.05, 3.63) is 57.2 Å². The molecule has 2 heterocycles. The molecule has 4 heteroatoms. The number of rotatable bonds is 5. The zero-order valence-electron chi connectivity index (χ0n) is 12.1. The molecule has 1 fully saturated rings. The van der Waals surface area contributed by atoms with Gasteiger partial charge in [-0.25, -0.2) is 0 Å². The average molecular weight is 321 g/mol. The smallest absolute Gasteiger partial charge is 0.0931 e. The largest absolute Gasteiger partial charge is 0.317 e. The molecule has 2 aromatic rings. The van der Waals surface area contributed by atoms with Crippen molar-refractivity contribution in [2.75, 3.05) is 19.6 Å². The molecule has 1 aromatic heterocycles. The van der Waals surface area contributed by atoms with Gasteiger partial charge in [-0.3, -0.25) is 0 Å². The molecule has 2 N–H and O–H groups in total. The van der Waals surface area contributed by atoms with Gasteiger partial charge in [0.25, 0.3) is 0 Å². The van der Waals surface area contributed by atoms with Crippen LogP contribution in [-0.2, 0) is 12.0 Å². The van der Waals surface area contributed by atoms with Gasteiger partial charge in [-0.15, -0.1) is 11.3 Å². The van der Waals surface area contributed by atoms with Crippen LogP contribution in [0.25, 0.3) is 0 Å². The molecule has 1 aliphatic rings. The summed E-state index contributed by atoms with van der Waals surface area (Å²) < 4.78 is 0.867. The highest BCUT2D eigenvalue weighted by atomic mass is 35.5. The molecular weight excluding hydrogens is 300 g/mol. The van der Waals surface area contributed by atoms with Crippen molar-refractivity contribution in [1.82, 2.24) is 10.6 Å². The van der Waals surface area contributed by atoms with Gasteiger partial charge in [-0.05, 0) is 43.6 Å². The van der Waals surface area contributed by atoms with E-state index in [1.165, 1.54) is 23.3 Å². The van der Waals surface area contributed by atoms with Crippen molar-refractivity contribution in [3.63, 3.8) is 0 Å². The summed E-state index contributed by atoms with van der Waals surface area (Å²) in [7, 11) is 0. The zero-order valence-corrected chi connectivity index (χ0v) is 13.6. The van der Waals surface area contributed by atoms with Gasteiger partial charge in [-0.1, -0.05) is 41.9 Å². The van der Waals surface area contributed by atoms with Crippen LogP contribution in [0, 0.1) is 0 Å². The monoisotopic (exact) mass is 320 g/mol. The van der Waals surface area contributed by atoms with Gasteiger partial charge in [0.2, 0.25) is 0 Å². The number of halogens is 1. The third-order valence-corrected chi connectivity index (χ3v) is 5.57. The Balaban J connectivity index is 1.68. The van der Waals surface area contributed by atoms with Crippen molar-refractivity contribution < 1.29 is 0 Å². The van der Waals surface area contributed by atoms with Gasteiger partial charge in [0.05, 0.1) is 4.34 Å². The molecule has 21 heavy (non-hydrogen) atoms. The highest BCUT2D eigenvalue weighted by Crippen LogP contribution is 2.33. The van der Waals surface area contributed by atoms with E-state index >= 15 is 0 Å². The van der Waals surface area contributed by atoms with Crippen molar-refractivity contribution in [2.45, 2.75) is 24.8 Å². The molecule has 1 aliphatic heterocycles. The van der Waals surface area contributed by atoms with Crippen LogP contribution in [0.4, 0.5) is 0 Å². The van der Waals surface area contributed by atoms with Crippen LogP contribution in [0.15, 0.2) is 42.5 Å². The van der Waals surface area contributed by atoms with E-state index in [4.69, 9.17) is 11.6 Å². The Morgan fingerprint density at radius 1 is 1.10 bits per heavy atom. The zero-order chi connectivity index (χ0) is 14.5. The molecule has 112 valence electrons. The van der Waals surface area contributed by atoms with Crippen LogP contribution in [-0.4, -0.2) is 19.6 Å². The molecule has 0 bridgehead atoms. The Hall–Kier alpha value is -0.870. The standard InChI is InChI=1S/C17H21ClN2S/c18-16-7-6-15(21-16)12-20-13-17(8-10-19-11-9-17)14-4-2-1-3-5-14/h1-7,19-20H,8-13H2. The Bertz CT molecular complexity index is 561. The summed E-state index contributed by atoms with van der Waals surface area (Å²) in [6.45, 7) is 4.12. The first-order valence-electron chi connectivity index (χ1n) is 7.50. The predicted octanol–water partition coefficient (Wildman–Crippen LogP) is 3.81. The molecule has 1 aromatic carbocycles. The summed E-state index contributed by atoms with van der Waals surface area (Å²) in [6.07, 6.45) is 2.38. The quantitative estimate of drug-likeness (QED) is 0.875. The molecule has 3 rings (SSSR count). The predicted molar refractivity (Wildman–Crippen MR) is 91.3 cm³/mol. The second kappa shape index (κ2) is 6.93. The summed E-state index contributed by atoms with van der Waals surface area (Å²) in [5.74, 6) is 0. The van der Waals surface area contributed by atoms with Crippen LogP contribution in [0.5, 0.6) is 0 Å². The highest BCUT2D eigenvalue weighted by molar-refractivity contribution is 7.16. The summed E-state index contributed by atoms with van der Waals surface area (Å²) >= 11 is 7.65. The fourth-order valence-corrected chi connectivity index (χ4v) is 4.19. The summed E-state index contributed by atoms with van der Waals surface area (Å²) in [5.41, 5.74) is 1.72. The Labute approximate surface area is 135 Å². The number of benzene rings is 1. The van der Waals surface area contributed by atoms with Crippen LogP contribution >= 0.6 is 22.9 Å². The Kier molecular flexibility index (Phi) is 4.96. The van der Waals surface area contributed by atoms with Crippen molar-refractivity contribution in [3.8, 4) is 0 Å². The normalized spacial score (nSPS) is 17.8. The number of hydrogen-bond acceptors (Lipinski definition) is 3. The number of piperidine rings is 1. The molecule has 2 nitrogen and oxygen atoms in total. The van der Waals surface area contributed by atoms with E-state index in [1.54, 1.807) is 11.3 Å². The van der Waals surface area contributed by atoms with Crippen LogP contribution < -0.4 is 10.6 Å². The maximum Gasteiger partial charge on any atom is 0.0931 e. The molecule has 0 aliphatic carbocycles. The third kappa shape index (κ3) is 3.67. The van der Waals surface area contributed by atoms with Crippen LogP contribution in [0.3, 0.4) is 0 Å². The van der Waals surface area contributed by atoms with Gasteiger partial charge >= 0.3 is 0 Å². The van der Waals surface area contributed by atoms with E-state index in [0.29, 0.717) is 0 Å². The Morgan fingerprint density at radius 3 is 2.52 bits per heavy atom. The summed E-state index contributed by atoms with van der Waals surface area (Å²) in [5, 5.41) is 7.13. The molecule has 0 spiro atoms. The van der Waals surface area contributed by atoms with Gasteiger partial charge in [-0.2, -0.15) is 0 Å². The molecule has 0 saturated carbocycles. The molecule has 0 radical (unpaired) electrons. The van der Waals surface area contributed by atoms with E-state index in [1.807, 2.05) is 6.07 Å². The van der Waals surface area contributed by atoms with Gasteiger partial charge < -0.3 is 10.6 Å². The average Bonchev–Trinajstić information content (AvgIpc) is 2.95. The molecule has 1 saturated heterocycles. The fraction of sp³-hybridized carbons (Fsp3) is 0.412. The van der Waals surface area contributed by atoms with Crippen LogP contribution in [0.2, 0.25) is 4.34 Å². The maximum absolute atomic E-state index is 5.99. The SMILES string of the molecule is Clc1ccc(CNCC2(c3ccccc3)CCNCC2)s1. The Morgan fingerprint density at radius 2 is 1.86 bits per heavy atom. The molecule has 0 unspecified atom stereocenters. The minimum atomic E-state index is 0.258. The van der Waals surface area contributed by atoms with E-state index < -0.39 is 0 Å². The second-order valence-electron chi connectivity index (χ2n) is 5.71.